The van der Waals surface area contributed by atoms with Crippen LogP contribution in [-0.2, 0) is 0 Å². The standard InChI is InChI=1S/C17H20N2/c1-14-13-19(11-10-18-14)17-9-5-8-16(12-17)15-6-3-2-4-7-15/h2-9,12,14,18H,10-11,13H2,1H3. The van der Waals surface area contributed by atoms with E-state index in [1.165, 1.54) is 16.8 Å². The summed E-state index contributed by atoms with van der Waals surface area (Å²) in [6, 6.07) is 20.0. The molecule has 1 aliphatic heterocycles. The molecule has 1 heterocycles. The Labute approximate surface area is 115 Å². The van der Waals surface area contributed by atoms with Crippen molar-refractivity contribution in [1.82, 2.24) is 5.32 Å². The summed E-state index contributed by atoms with van der Waals surface area (Å²) in [6.07, 6.45) is 0. The van der Waals surface area contributed by atoms with Gasteiger partial charge in [-0.25, -0.2) is 0 Å². The van der Waals surface area contributed by atoms with Gasteiger partial charge in [0.05, 0.1) is 0 Å². The SMILES string of the molecule is CC1CN(c2cccc(-c3ccccc3)c2)CCN1. The van der Waals surface area contributed by atoms with Crippen molar-refractivity contribution in [1.29, 1.82) is 0 Å². The quantitative estimate of drug-likeness (QED) is 0.883. The second-order valence-corrected chi connectivity index (χ2v) is 5.22. The molecule has 1 fully saturated rings. The summed E-state index contributed by atoms with van der Waals surface area (Å²) in [7, 11) is 0. The maximum absolute atomic E-state index is 3.49. The first-order chi connectivity index (χ1) is 9.33. The molecular weight excluding hydrogens is 232 g/mol. The third-order valence-electron chi connectivity index (χ3n) is 3.69. The Morgan fingerprint density at radius 1 is 1.00 bits per heavy atom. The van der Waals surface area contributed by atoms with Gasteiger partial charge in [0.1, 0.15) is 0 Å². The van der Waals surface area contributed by atoms with E-state index in [0.29, 0.717) is 6.04 Å². The van der Waals surface area contributed by atoms with Gasteiger partial charge in [-0.2, -0.15) is 0 Å². The average molecular weight is 252 g/mol. The molecular formula is C17H20N2. The lowest BCUT2D eigenvalue weighted by Crippen LogP contribution is -2.49. The molecule has 1 N–H and O–H groups in total. The number of hydrogen-bond acceptors (Lipinski definition) is 2. The Hall–Kier alpha value is -1.80. The molecule has 0 saturated carbocycles. The molecule has 0 radical (unpaired) electrons. The molecule has 0 spiro atoms. The molecule has 0 amide bonds. The highest BCUT2D eigenvalue weighted by Crippen LogP contribution is 2.25. The first kappa shape index (κ1) is 12.2. The van der Waals surface area contributed by atoms with E-state index in [1.807, 2.05) is 0 Å². The number of piperazine rings is 1. The van der Waals surface area contributed by atoms with E-state index in [1.54, 1.807) is 0 Å². The summed E-state index contributed by atoms with van der Waals surface area (Å²) >= 11 is 0. The maximum atomic E-state index is 3.49. The Kier molecular flexibility index (Phi) is 3.51. The zero-order valence-corrected chi connectivity index (χ0v) is 11.3. The van der Waals surface area contributed by atoms with Crippen LogP contribution in [-0.4, -0.2) is 25.7 Å². The predicted molar refractivity (Wildman–Crippen MR) is 81.6 cm³/mol. The van der Waals surface area contributed by atoms with Crippen LogP contribution < -0.4 is 10.2 Å². The Morgan fingerprint density at radius 3 is 2.58 bits per heavy atom. The summed E-state index contributed by atoms with van der Waals surface area (Å²) in [5.74, 6) is 0. The molecule has 1 atom stereocenters. The second-order valence-electron chi connectivity index (χ2n) is 5.22. The van der Waals surface area contributed by atoms with Gasteiger partial charge in [-0.15, -0.1) is 0 Å². The predicted octanol–water partition coefficient (Wildman–Crippen LogP) is 3.15. The van der Waals surface area contributed by atoms with Crippen LogP contribution in [0.15, 0.2) is 54.6 Å². The smallest absolute Gasteiger partial charge is 0.0373 e. The fraction of sp³-hybridized carbons (Fsp3) is 0.294. The van der Waals surface area contributed by atoms with Gasteiger partial charge >= 0.3 is 0 Å². The first-order valence-electron chi connectivity index (χ1n) is 6.97. The molecule has 1 saturated heterocycles. The zero-order valence-electron chi connectivity index (χ0n) is 11.3. The second kappa shape index (κ2) is 5.45. The summed E-state index contributed by atoms with van der Waals surface area (Å²) in [6.45, 7) is 5.48. The Bertz CT molecular complexity index is 536. The maximum Gasteiger partial charge on any atom is 0.0373 e. The van der Waals surface area contributed by atoms with Gasteiger partial charge in [-0.3, -0.25) is 0 Å². The largest absolute Gasteiger partial charge is 0.369 e. The molecule has 3 rings (SSSR count). The van der Waals surface area contributed by atoms with Crippen LogP contribution in [0.25, 0.3) is 11.1 Å². The van der Waals surface area contributed by atoms with Crippen LogP contribution in [0.3, 0.4) is 0 Å². The van der Waals surface area contributed by atoms with E-state index in [-0.39, 0.29) is 0 Å². The minimum atomic E-state index is 0.564. The number of anilines is 1. The molecule has 1 aliphatic rings. The van der Waals surface area contributed by atoms with Crippen LogP contribution in [0, 0.1) is 0 Å². The normalized spacial score (nSPS) is 19.4. The Balaban J connectivity index is 1.88. The van der Waals surface area contributed by atoms with Gasteiger partial charge in [0.15, 0.2) is 0 Å². The first-order valence-corrected chi connectivity index (χ1v) is 6.97. The minimum Gasteiger partial charge on any atom is -0.369 e. The highest BCUT2D eigenvalue weighted by Gasteiger charge is 2.15. The highest BCUT2D eigenvalue weighted by molar-refractivity contribution is 5.68. The Morgan fingerprint density at radius 2 is 1.79 bits per heavy atom. The van der Waals surface area contributed by atoms with E-state index in [2.05, 4.69) is 71.7 Å². The third kappa shape index (κ3) is 2.79. The van der Waals surface area contributed by atoms with Crippen molar-refractivity contribution in [2.24, 2.45) is 0 Å². The molecule has 98 valence electrons. The molecule has 2 aromatic carbocycles. The lowest BCUT2D eigenvalue weighted by molar-refractivity contribution is 0.485. The van der Waals surface area contributed by atoms with Crippen LogP contribution in [0.4, 0.5) is 5.69 Å². The minimum absolute atomic E-state index is 0.564. The van der Waals surface area contributed by atoms with Gasteiger partial charge < -0.3 is 10.2 Å². The number of benzene rings is 2. The highest BCUT2D eigenvalue weighted by atomic mass is 15.2. The summed E-state index contributed by atoms with van der Waals surface area (Å²) < 4.78 is 0. The van der Waals surface area contributed by atoms with E-state index in [9.17, 15) is 0 Å². The van der Waals surface area contributed by atoms with Crippen molar-refractivity contribution < 1.29 is 0 Å². The van der Waals surface area contributed by atoms with Crippen molar-refractivity contribution >= 4 is 5.69 Å². The van der Waals surface area contributed by atoms with Crippen LogP contribution in [0.5, 0.6) is 0 Å². The van der Waals surface area contributed by atoms with Crippen molar-refractivity contribution in [3.63, 3.8) is 0 Å². The van der Waals surface area contributed by atoms with Crippen LogP contribution >= 0.6 is 0 Å². The van der Waals surface area contributed by atoms with E-state index >= 15 is 0 Å². The lowest BCUT2D eigenvalue weighted by Gasteiger charge is -2.33. The zero-order chi connectivity index (χ0) is 13.1. The fourth-order valence-electron chi connectivity index (χ4n) is 2.68. The monoisotopic (exact) mass is 252 g/mol. The van der Waals surface area contributed by atoms with Gasteiger partial charge in [0.25, 0.3) is 0 Å². The molecule has 0 aromatic heterocycles. The number of nitrogens with zero attached hydrogens (tertiary/aromatic N) is 1. The van der Waals surface area contributed by atoms with Crippen LogP contribution in [0.1, 0.15) is 6.92 Å². The third-order valence-corrected chi connectivity index (χ3v) is 3.69. The van der Waals surface area contributed by atoms with E-state index < -0.39 is 0 Å². The van der Waals surface area contributed by atoms with Gasteiger partial charge in [0, 0.05) is 31.4 Å². The summed E-state index contributed by atoms with van der Waals surface area (Å²) in [5, 5.41) is 3.49. The lowest BCUT2D eigenvalue weighted by atomic mass is 10.0. The van der Waals surface area contributed by atoms with Crippen molar-refractivity contribution in [2.45, 2.75) is 13.0 Å². The van der Waals surface area contributed by atoms with Crippen molar-refractivity contribution in [3.05, 3.63) is 54.6 Å². The van der Waals surface area contributed by atoms with Gasteiger partial charge in [-0.05, 0) is 30.2 Å². The van der Waals surface area contributed by atoms with E-state index in [4.69, 9.17) is 0 Å². The van der Waals surface area contributed by atoms with Crippen molar-refractivity contribution in [3.8, 4) is 11.1 Å². The van der Waals surface area contributed by atoms with E-state index in [0.717, 1.165) is 19.6 Å². The molecule has 2 aromatic rings. The molecule has 0 aliphatic carbocycles. The van der Waals surface area contributed by atoms with Gasteiger partial charge in [0.2, 0.25) is 0 Å². The molecule has 2 heteroatoms. The molecule has 2 nitrogen and oxygen atoms in total. The number of hydrogen-bond donors (Lipinski definition) is 1. The van der Waals surface area contributed by atoms with Crippen LogP contribution in [0.2, 0.25) is 0 Å². The topological polar surface area (TPSA) is 15.3 Å². The molecule has 1 unspecified atom stereocenters. The number of rotatable bonds is 2. The summed E-state index contributed by atoms with van der Waals surface area (Å²) in [4.78, 5) is 2.47. The number of nitrogens with one attached hydrogen (secondary N) is 1. The summed E-state index contributed by atoms with van der Waals surface area (Å²) in [5.41, 5.74) is 3.91. The molecule has 19 heavy (non-hydrogen) atoms. The average Bonchev–Trinajstić information content (AvgIpc) is 2.48. The molecule has 0 bridgehead atoms. The fourth-order valence-corrected chi connectivity index (χ4v) is 2.68. The van der Waals surface area contributed by atoms with Crippen molar-refractivity contribution in [2.75, 3.05) is 24.5 Å². The van der Waals surface area contributed by atoms with Gasteiger partial charge in [-0.1, -0.05) is 42.5 Å².